The summed E-state index contributed by atoms with van der Waals surface area (Å²) in [5, 5.41) is 3.12. The van der Waals surface area contributed by atoms with E-state index >= 15 is 0 Å². The number of nitrogens with one attached hydrogen (secondary N) is 1. The molecule has 23 heavy (non-hydrogen) atoms. The van der Waals surface area contributed by atoms with E-state index in [1.54, 1.807) is 6.07 Å². The number of carbonyl (C=O) groups is 1. The van der Waals surface area contributed by atoms with Gasteiger partial charge in [-0.3, -0.25) is 10.1 Å². The molecule has 1 amide bonds. The van der Waals surface area contributed by atoms with Gasteiger partial charge in [0, 0.05) is 10.6 Å². The maximum absolute atomic E-state index is 12.7. The van der Waals surface area contributed by atoms with Crippen molar-refractivity contribution in [2.45, 2.75) is 6.18 Å². The van der Waals surface area contributed by atoms with Crippen molar-refractivity contribution in [2.24, 2.45) is 0 Å². The molecule has 0 saturated carbocycles. The minimum atomic E-state index is -4.42. The first-order valence-corrected chi connectivity index (χ1v) is 7.49. The van der Waals surface area contributed by atoms with Gasteiger partial charge in [0.2, 0.25) is 0 Å². The van der Waals surface area contributed by atoms with Gasteiger partial charge in [-0.1, -0.05) is 29.0 Å². The zero-order chi connectivity index (χ0) is 16.6. The molecule has 0 atom stereocenters. The number of amides is 1. The molecule has 0 fully saturated rings. The van der Waals surface area contributed by atoms with Gasteiger partial charge in [-0.25, -0.2) is 4.98 Å². The largest absolute Gasteiger partial charge is 0.416 e. The van der Waals surface area contributed by atoms with Gasteiger partial charge in [0.1, 0.15) is 0 Å². The monoisotopic (exact) mass is 355 g/mol. The van der Waals surface area contributed by atoms with E-state index < -0.39 is 17.6 Å². The molecular formula is C15H7ClF3N2OS. The van der Waals surface area contributed by atoms with E-state index in [4.69, 9.17) is 11.6 Å². The fraction of sp³-hybridized carbons (Fsp3) is 0.0667. The number of fused-ring (bicyclic) bond motifs is 1. The molecule has 8 heteroatoms. The summed E-state index contributed by atoms with van der Waals surface area (Å²) in [5.41, 5.74) is -0.157. The molecule has 2 aromatic carbocycles. The Morgan fingerprint density at radius 1 is 1.26 bits per heavy atom. The minimum absolute atomic E-state index is 0.206. The maximum atomic E-state index is 12.7. The van der Waals surface area contributed by atoms with E-state index in [9.17, 15) is 18.0 Å². The molecule has 3 rings (SSSR count). The van der Waals surface area contributed by atoms with Crippen LogP contribution in [0.5, 0.6) is 0 Å². The van der Waals surface area contributed by atoms with Gasteiger partial charge in [-0.2, -0.15) is 13.2 Å². The van der Waals surface area contributed by atoms with Gasteiger partial charge in [0.05, 0.1) is 15.8 Å². The van der Waals surface area contributed by atoms with Crippen LogP contribution >= 0.6 is 22.9 Å². The van der Waals surface area contributed by atoms with Gasteiger partial charge in [0.25, 0.3) is 5.91 Å². The molecule has 0 unspecified atom stereocenters. The van der Waals surface area contributed by atoms with Crippen molar-refractivity contribution in [3.05, 3.63) is 58.6 Å². The zero-order valence-corrected chi connectivity index (χ0v) is 12.8. The van der Waals surface area contributed by atoms with Crippen molar-refractivity contribution < 1.29 is 18.0 Å². The second-order valence-corrected chi connectivity index (χ2v) is 6.04. The van der Waals surface area contributed by atoms with Crippen LogP contribution in [0.2, 0.25) is 5.02 Å². The molecule has 0 aliphatic carbocycles. The lowest BCUT2D eigenvalue weighted by molar-refractivity contribution is -0.137. The number of carbonyl (C=O) groups excluding carboxylic acids is 1. The minimum Gasteiger partial charge on any atom is -0.298 e. The first kappa shape index (κ1) is 15.8. The van der Waals surface area contributed by atoms with Crippen molar-refractivity contribution in [1.82, 2.24) is 4.98 Å². The predicted octanol–water partition coefficient (Wildman–Crippen LogP) is 5.02. The Balaban J connectivity index is 1.87. The number of nitrogens with zero attached hydrogens (tertiary/aromatic N) is 1. The van der Waals surface area contributed by atoms with E-state index in [0.717, 1.165) is 23.5 Å². The van der Waals surface area contributed by atoms with Crippen LogP contribution in [-0.2, 0) is 6.18 Å². The van der Waals surface area contributed by atoms with Gasteiger partial charge < -0.3 is 0 Å². The number of alkyl halides is 3. The smallest absolute Gasteiger partial charge is 0.298 e. The van der Waals surface area contributed by atoms with Crippen molar-refractivity contribution in [2.75, 3.05) is 5.32 Å². The highest BCUT2D eigenvalue weighted by Crippen LogP contribution is 2.34. The molecule has 0 saturated heterocycles. The molecule has 1 radical (unpaired) electrons. The Labute approximate surface area is 137 Å². The van der Waals surface area contributed by atoms with Crippen LogP contribution in [0.4, 0.5) is 18.3 Å². The number of benzene rings is 2. The Bertz CT molecular complexity index is 892. The lowest BCUT2D eigenvalue weighted by Crippen LogP contribution is -2.11. The van der Waals surface area contributed by atoms with Crippen molar-refractivity contribution in [3.8, 4) is 0 Å². The molecule has 0 spiro atoms. The van der Waals surface area contributed by atoms with Crippen molar-refractivity contribution in [1.29, 1.82) is 0 Å². The lowest BCUT2D eigenvalue weighted by Gasteiger charge is -2.04. The Morgan fingerprint density at radius 2 is 2.04 bits per heavy atom. The third-order valence-electron chi connectivity index (χ3n) is 2.94. The number of hydrogen-bond acceptors (Lipinski definition) is 3. The summed E-state index contributed by atoms with van der Waals surface area (Å²) in [5.74, 6) is -0.484. The van der Waals surface area contributed by atoms with E-state index in [0.29, 0.717) is 15.2 Å². The summed E-state index contributed by atoms with van der Waals surface area (Å²) in [4.78, 5) is 16.2. The highest BCUT2D eigenvalue weighted by molar-refractivity contribution is 7.22. The van der Waals surface area contributed by atoms with Crippen LogP contribution in [0.1, 0.15) is 15.9 Å². The summed E-state index contributed by atoms with van der Waals surface area (Å²) >= 11 is 6.76. The predicted molar refractivity (Wildman–Crippen MR) is 82.9 cm³/mol. The summed E-state index contributed by atoms with van der Waals surface area (Å²) in [6.07, 6.45) is -4.42. The molecule has 0 bridgehead atoms. The summed E-state index contributed by atoms with van der Waals surface area (Å²) in [7, 11) is 0. The molecule has 0 aliphatic heterocycles. The molecule has 0 aliphatic rings. The quantitative estimate of drug-likeness (QED) is 0.701. The second-order valence-electron chi connectivity index (χ2n) is 4.57. The number of anilines is 1. The summed E-state index contributed by atoms with van der Waals surface area (Å²) in [6, 6.07) is 10.5. The molecule has 117 valence electrons. The molecular weight excluding hydrogens is 349 g/mol. The average Bonchev–Trinajstić information content (AvgIpc) is 2.87. The first-order valence-electron chi connectivity index (χ1n) is 6.29. The number of aromatic nitrogens is 1. The van der Waals surface area contributed by atoms with E-state index in [2.05, 4.69) is 16.4 Å². The third-order valence-corrected chi connectivity index (χ3v) is 4.11. The van der Waals surface area contributed by atoms with E-state index in [1.807, 2.05) is 0 Å². The fourth-order valence-corrected chi connectivity index (χ4v) is 2.96. The number of halogens is 4. The van der Waals surface area contributed by atoms with Crippen LogP contribution in [0.25, 0.3) is 10.2 Å². The SMILES string of the molecule is O=C(Nc1nc2ccc(C(F)(F)F)cc2s1)c1[c]ccc(Cl)c1. The van der Waals surface area contributed by atoms with Gasteiger partial charge in [-0.05, 0) is 36.4 Å². The second kappa shape index (κ2) is 5.82. The number of thiazole rings is 1. The van der Waals surface area contributed by atoms with Crippen LogP contribution in [0, 0.1) is 6.07 Å². The Morgan fingerprint density at radius 3 is 2.74 bits per heavy atom. The summed E-state index contributed by atoms with van der Waals surface area (Å²) < 4.78 is 38.4. The highest BCUT2D eigenvalue weighted by Gasteiger charge is 2.30. The fourth-order valence-electron chi connectivity index (χ4n) is 1.89. The van der Waals surface area contributed by atoms with Crippen LogP contribution in [-0.4, -0.2) is 10.9 Å². The van der Waals surface area contributed by atoms with Gasteiger partial charge in [-0.15, -0.1) is 0 Å². The van der Waals surface area contributed by atoms with Crippen molar-refractivity contribution >= 4 is 44.2 Å². The lowest BCUT2D eigenvalue weighted by atomic mass is 10.2. The average molecular weight is 356 g/mol. The number of hydrogen-bond donors (Lipinski definition) is 1. The molecule has 3 nitrogen and oxygen atoms in total. The van der Waals surface area contributed by atoms with E-state index in [1.165, 1.54) is 18.2 Å². The van der Waals surface area contributed by atoms with Crippen LogP contribution in [0.15, 0.2) is 36.4 Å². The first-order chi connectivity index (χ1) is 10.8. The highest BCUT2D eigenvalue weighted by atomic mass is 35.5. The topological polar surface area (TPSA) is 42.0 Å². The molecule has 3 aromatic rings. The van der Waals surface area contributed by atoms with Crippen LogP contribution < -0.4 is 5.32 Å². The maximum Gasteiger partial charge on any atom is 0.416 e. The molecule has 1 heterocycles. The standard InChI is InChI=1S/C15H7ClF3N2OS/c16-10-3-1-2-8(6-10)13(22)21-14-20-11-5-4-9(15(17,18)19)7-12(11)23-14/h1,3-7H,(H,20,21,22). The van der Waals surface area contributed by atoms with Gasteiger partial charge in [0.15, 0.2) is 5.13 Å². The molecule has 1 aromatic heterocycles. The number of rotatable bonds is 2. The Hall–Kier alpha value is -2.12. The zero-order valence-electron chi connectivity index (χ0n) is 11.2. The van der Waals surface area contributed by atoms with E-state index in [-0.39, 0.29) is 10.7 Å². The third kappa shape index (κ3) is 3.46. The van der Waals surface area contributed by atoms with Crippen molar-refractivity contribution in [3.63, 3.8) is 0 Å². The summed E-state index contributed by atoms with van der Waals surface area (Å²) in [6.45, 7) is 0. The van der Waals surface area contributed by atoms with Gasteiger partial charge >= 0.3 is 6.18 Å². The molecule has 1 N–H and O–H groups in total. The Kier molecular flexibility index (Phi) is 3.99. The normalized spacial score (nSPS) is 11.7. The van der Waals surface area contributed by atoms with Crippen LogP contribution in [0.3, 0.4) is 0 Å².